The minimum atomic E-state index is -3.49. The van der Waals surface area contributed by atoms with Crippen LogP contribution in [0.25, 0.3) is 0 Å². The van der Waals surface area contributed by atoms with Crippen LogP contribution in [0.3, 0.4) is 0 Å². The van der Waals surface area contributed by atoms with Crippen LogP contribution in [0.1, 0.15) is 39.0 Å². The third kappa shape index (κ3) is 4.79. The highest BCUT2D eigenvalue weighted by Gasteiger charge is 2.20. The van der Waals surface area contributed by atoms with E-state index in [1.54, 1.807) is 0 Å². The van der Waals surface area contributed by atoms with Gasteiger partial charge < -0.3 is 5.11 Å². The van der Waals surface area contributed by atoms with E-state index in [2.05, 4.69) is 16.7 Å². The summed E-state index contributed by atoms with van der Waals surface area (Å²) in [4.78, 5) is 0.160. The number of sulfonamides is 1. The summed E-state index contributed by atoms with van der Waals surface area (Å²) in [5, 5.41) is 12.7. The van der Waals surface area contributed by atoms with Crippen molar-refractivity contribution in [1.82, 2.24) is 14.5 Å². The summed E-state index contributed by atoms with van der Waals surface area (Å²) in [5.74, 6) is 1.39. The number of nitrogens with one attached hydrogen (secondary N) is 1. The molecule has 1 aliphatic carbocycles. The summed E-state index contributed by atoms with van der Waals surface area (Å²) in [6.07, 6.45) is 8.63. The molecular weight excluding hydrogens is 290 g/mol. The lowest BCUT2D eigenvalue weighted by Crippen LogP contribution is -2.27. The molecule has 0 aromatic carbocycles. The molecular formula is C14H25N3O3S. The fourth-order valence-corrected chi connectivity index (χ4v) is 4.01. The zero-order valence-corrected chi connectivity index (χ0v) is 13.3. The summed E-state index contributed by atoms with van der Waals surface area (Å²) in [7, 11) is -3.49. The van der Waals surface area contributed by atoms with E-state index in [1.807, 2.05) is 0 Å². The van der Waals surface area contributed by atoms with Crippen LogP contribution in [-0.2, 0) is 16.6 Å². The van der Waals surface area contributed by atoms with E-state index >= 15 is 0 Å². The molecule has 0 aliphatic heterocycles. The number of hydrogen-bond donors (Lipinski definition) is 2. The number of aliphatic hydroxyl groups is 1. The third-order valence-electron chi connectivity index (χ3n) is 4.14. The van der Waals surface area contributed by atoms with E-state index in [1.165, 1.54) is 42.8 Å². The molecule has 0 bridgehead atoms. The Balaban J connectivity index is 1.83. The molecule has 1 aliphatic rings. The Labute approximate surface area is 126 Å². The maximum atomic E-state index is 12.1. The van der Waals surface area contributed by atoms with Crippen LogP contribution >= 0.6 is 0 Å². The van der Waals surface area contributed by atoms with Gasteiger partial charge in [-0.3, -0.25) is 4.68 Å². The normalized spacial score (nSPS) is 23.3. The molecule has 120 valence electrons. The molecule has 1 aromatic heterocycles. The summed E-state index contributed by atoms with van der Waals surface area (Å²) in [5.41, 5.74) is 0. The van der Waals surface area contributed by atoms with Gasteiger partial charge in [0.15, 0.2) is 0 Å². The zero-order valence-electron chi connectivity index (χ0n) is 12.5. The largest absolute Gasteiger partial charge is 0.394 e. The first kappa shape index (κ1) is 16.5. The van der Waals surface area contributed by atoms with Gasteiger partial charge in [0.2, 0.25) is 10.0 Å². The Kier molecular flexibility index (Phi) is 5.78. The van der Waals surface area contributed by atoms with Gasteiger partial charge in [-0.15, -0.1) is 0 Å². The zero-order chi connectivity index (χ0) is 15.3. The summed E-state index contributed by atoms with van der Waals surface area (Å²) in [6, 6.07) is 0. The van der Waals surface area contributed by atoms with Gasteiger partial charge in [0, 0.05) is 12.7 Å². The molecule has 7 heteroatoms. The lowest BCUT2D eigenvalue weighted by Gasteiger charge is -2.26. The van der Waals surface area contributed by atoms with Gasteiger partial charge >= 0.3 is 0 Å². The minimum Gasteiger partial charge on any atom is -0.394 e. The highest BCUT2D eigenvalue weighted by Crippen LogP contribution is 2.30. The quantitative estimate of drug-likeness (QED) is 0.796. The van der Waals surface area contributed by atoms with Gasteiger partial charge in [-0.25, -0.2) is 13.1 Å². The monoisotopic (exact) mass is 315 g/mol. The fourth-order valence-electron chi connectivity index (χ4n) is 3.01. The number of rotatable bonds is 7. The van der Waals surface area contributed by atoms with Crippen LogP contribution in [0.15, 0.2) is 17.3 Å². The fraction of sp³-hybridized carbons (Fsp3) is 0.786. The van der Waals surface area contributed by atoms with Crippen molar-refractivity contribution in [2.24, 2.45) is 11.8 Å². The number of aromatic nitrogens is 2. The van der Waals surface area contributed by atoms with E-state index in [0.717, 1.165) is 12.3 Å². The van der Waals surface area contributed by atoms with E-state index in [9.17, 15) is 8.42 Å². The van der Waals surface area contributed by atoms with Crippen LogP contribution in [0, 0.1) is 11.8 Å². The van der Waals surface area contributed by atoms with E-state index in [0.29, 0.717) is 19.0 Å². The number of hydrogen-bond acceptors (Lipinski definition) is 4. The van der Waals surface area contributed by atoms with Gasteiger partial charge in [0.05, 0.1) is 19.3 Å². The first-order valence-electron chi connectivity index (χ1n) is 7.64. The molecule has 2 N–H and O–H groups in total. The molecule has 1 aromatic rings. The van der Waals surface area contributed by atoms with Crippen molar-refractivity contribution < 1.29 is 13.5 Å². The van der Waals surface area contributed by atoms with Crippen LogP contribution in [-0.4, -0.2) is 36.5 Å². The van der Waals surface area contributed by atoms with Gasteiger partial charge in [0.1, 0.15) is 4.90 Å². The average molecular weight is 315 g/mol. The second-order valence-electron chi connectivity index (χ2n) is 5.99. The van der Waals surface area contributed by atoms with Gasteiger partial charge in [-0.2, -0.15) is 5.10 Å². The van der Waals surface area contributed by atoms with E-state index in [-0.39, 0.29) is 11.5 Å². The highest BCUT2D eigenvalue weighted by atomic mass is 32.2. The predicted octanol–water partition coefficient (Wildman–Crippen LogP) is 1.37. The third-order valence-corrected chi connectivity index (χ3v) is 5.55. The van der Waals surface area contributed by atoms with Crippen LogP contribution in [0.2, 0.25) is 0 Å². The Morgan fingerprint density at radius 2 is 2.29 bits per heavy atom. The molecule has 2 unspecified atom stereocenters. The number of aliphatic hydroxyl groups excluding tert-OH is 1. The van der Waals surface area contributed by atoms with Crippen molar-refractivity contribution in [2.45, 2.75) is 50.5 Å². The Morgan fingerprint density at radius 1 is 1.48 bits per heavy atom. The summed E-state index contributed by atoms with van der Waals surface area (Å²) >= 11 is 0. The topological polar surface area (TPSA) is 84.2 Å². The van der Waals surface area contributed by atoms with Crippen LogP contribution in [0.5, 0.6) is 0 Å². The summed E-state index contributed by atoms with van der Waals surface area (Å²) in [6.45, 7) is 2.99. The number of nitrogens with zero attached hydrogens (tertiary/aromatic N) is 2. The first-order chi connectivity index (χ1) is 10.0. The molecule has 1 saturated carbocycles. The van der Waals surface area contributed by atoms with Gasteiger partial charge in [-0.1, -0.05) is 26.2 Å². The summed E-state index contributed by atoms with van der Waals surface area (Å²) < 4.78 is 28.3. The first-order valence-corrected chi connectivity index (χ1v) is 9.12. The molecule has 2 atom stereocenters. The molecule has 1 fully saturated rings. The van der Waals surface area contributed by atoms with Crippen LogP contribution < -0.4 is 4.72 Å². The second kappa shape index (κ2) is 7.38. The minimum absolute atomic E-state index is 0.0611. The molecule has 0 saturated heterocycles. The van der Waals surface area contributed by atoms with Gasteiger partial charge in [0.25, 0.3) is 0 Å². The Hall–Kier alpha value is -0.920. The lowest BCUT2D eigenvalue weighted by molar-refractivity contribution is 0.269. The smallest absolute Gasteiger partial charge is 0.243 e. The predicted molar refractivity (Wildman–Crippen MR) is 80.2 cm³/mol. The molecule has 2 rings (SSSR count). The van der Waals surface area contributed by atoms with Crippen molar-refractivity contribution in [3.63, 3.8) is 0 Å². The van der Waals surface area contributed by atoms with Crippen molar-refractivity contribution in [3.05, 3.63) is 12.4 Å². The van der Waals surface area contributed by atoms with Crippen molar-refractivity contribution >= 4 is 10.0 Å². The van der Waals surface area contributed by atoms with Crippen molar-refractivity contribution in [3.8, 4) is 0 Å². The molecule has 21 heavy (non-hydrogen) atoms. The molecule has 6 nitrogen and oxygen atoms in total. The van der Waals surface area contributed by atoms with E-state index in [4.69, 9.17) is 5.11 Å². The molecule has 1 heterocycles. The van der Waals surface area contributed by atoms with Gasteiger partial charge in [-0.05, 0) is 24.7 Å². The maximum absolute atomic E-state index is 12.1. The van der Waals surface area contributed by atoms with Crippen LogP contribution in [0.4, 0.5) is 0 Å². The second-order valence-corrected chi connectivity index (χ2v) is 7.75. The molecule has 0 spiro atoms. The van der Waals surface area contributed by atoms with Crippen molar-refractivity contribution in [2.75, 3.05) is 13.2 Å². The standard InChI is InChI=1S/C14H25N3O3S/c1-12-3-2-4-13(9-12)5-6-16-21(19,20)14-10-15-17(11-14)7-8-18/h10-13,16,18H,2-9H2,1H3. The van der Waals surface area contributed by atoms with Crippen molar-refractivity contribution in [1.29, 1.82) is 0 Å². The van der Waals surface area contributed by atoms with E-state index < -0.39 is 10.0 Å². The molecule has 0 radical (unpaired) electrons. The Morgan fingerprint density at radius 3 is 3.00 bits per heavy atom. The average Bonchev–Trinajstić information content (AvgIpc) is 2.88. The Bertz CT molecular complexity index is 541. The molecule has 0 amide bonds. The SMILES string of the molecule is CC1CCCC(CCNS(=O)(=O)c2cnn(CCO)c2)C1. The highest BCUT2D eigenvalue weighted by molar-refractivity contribution is 7.89. The maximum Gasteiger partial charge on any atom is 0.243 e. The lowest BCUT2D eigenvalue weighted by atomic mass is 9.81.